The van der Waals surface area contributed by atoms with Crippen molar-refractivity contribution in [2.45, 2.75) is 30.8 Å². The van der Waals surface area contributed by atoms with E-state index in [4.69, 9.17) is 10.3 Å². The number of carbonyl (C=O) groups excluding carboxylic acids is 2. The summed E-state index contributed by atoms with van der Waals surface area (Å²) in [5, 5.41) is 22.4. The lowest BCUT2D eigenvalue weighted by atomic mass is 10.0. The molecule has 1 aliphatic rings. The van der Waals surface area contributed by atoms with E-state index in [2.05, 4.69) is 14.8 Å². The molecule has 9 heteroatoms. The number of rotatable bonds is 5. The molecule has 1 saturated heterocycles. The summed E-state index contributed by atoms with van der Waals surface area (Å²) < 4.78 is 9.38. The second-order valence-corrected chi connectivity index (χ2v) is 3.71. The number of ketones is 1. The highest BCUT2D eigenvalue weighted by molar-refractivity contribution is 5.98. The van der Waals surface area contributed by atoms with Crippen LogP contribution in [-0.4, -0.2) is 60.0 Å². The largest absolute Gasteiger partial charge is 0.469 e. The molecule has 0 aromatic carbocycles. The Labute approximate surface area is 102 Å². The summed E-state index contributed by atoms with van der Waals surface area (Å²) in [5.74, 6) is -1.46. The third-order valence-corrected chi connectivity index (χ3v) is 2.55. The van der Waals surface area contributed by atoms with Crippen LogP contribution in [0, 0.1) is 0 Å². The SMILES string of the molecule is COC(=O)CC(=O)[C@@H]1O[C@H](CN=[N+]=[N-])[C@@H](O)[C@H]1O. The highest BCUT2D eigenvalue weighted by Crippen LogP contribution is 2.23. The number of nitrogens with zero attached hydrogens (tertiary/aromatic N) is 3. The smallest absolute Gasteiger partial charge is 0.313 e. The summed E-state index contributed by atoms with van der Waals surface area (Å²) in [5.41, 5.74) is 8.14. The molecule has 4 atom stereocenters. The van der Waals surface area contributed by atoms with Crippen molar-refractivity contribution < 1.29 is 29.3 Å². The Balaban J connectivity index is 2.65. The average molecular weight is 259 g/mol. The van der Waals surface area contributed by atoms with Crippen LogP contribution in [0.3, 0.4) is 0 Å². The lowest BCUT2D eigenvalue weighted by Gasteiger charge is -2.12. The van der Waals surface area contributed by atoms with Gasteiger partial charge >= 0.3 is 5.97 Å². The minimum atomic E-state index is -1.46. The lowest BCUT2D eigenvalue weighted by Crippen LogP contribution is -2.37. The van der Waals surface area contributed by atoms with Crippen LogP contribution in [0.25, 0.3) is 10.4 Å². The van der Waals surface area contributed by atoms with Gasteiger partial charge in [-0.2, -0.15) is 0 Å². The quantitative estimate of drug-likeness (QED) is 0.211. The van der Waals surface area contributed by atoms with Crippen LogP contribution in [0.5, 0.6) is 0 Å². The third-order valence-electron chi connectivity index (χ3n) is 2.55. The highest BCUT2D eigenvalue weighted by Gasteiger charge is 2.45. The number of ether oxygens (including phenoxy) is 2. The summed E-state index contributed by atoms with van der Waals surface area (Å²) in [6.07, 6.45) is -5.65. The number of hydrogen-bond acceptors (Lipinski definition) is 7. The summed E-state index contributed by atoms with van der Waals surface area (Å²) in [6.45, 7) is -0.212. The molecule has 0 unspecified atom stereocenters. The van der Waals surface area contributed by atoms with E-state index in [0.29, 0.717) is 0 Å². The predicted octanol–water partition coefficient (Wildman–Crippen LogP) is -1.08. The standard InChI is InChI=1S/C9H13N3O6/c1-17-6(14)2-4(13)9-8(16)7(15)5(18-9)3-11-12-10/h5,7-9,15-16H,2-3H2,1H3/t5-,7-,8-,9+/m1/s1. The van der Waals surface area contributed by atoms with Gasteiger partial charge in [0.15, 0.2) is 5.78 Å². The Kier molecular flexibility index (Phi) is 5.05. The van der Waals surface area contributed by atoms with Crippen LogP contribution in [-0.2, 0) is 19.1 Å². The van der Waals surface area contributed by atoms with Gasteiger partial charge in [-0.1, -0.05) is 5.11 Å². The van der Waals surface area contributed by atoms with E-state index in [9.17, 15) is 19.8 Å². The van der Waals surface area contributed by atoms with Crippen LogP contribution in [0.4, 0.5) is 0 Å². The molecule has 2 N–H and O–H groups in total. The van der Waals surface area contributed by atoms with Gasteiger partial charge in [-0.3, -0.25) is 9.59 Å². The van der Waals surface area contributed by atoms with Crippen molar-refractivity contribution in [2.24, 2.45) is 5.11 Å². The first kappa shape index (κ1) is 14.4. The van der Waals surface area contributed by atoms with Gasteiger partial charge in [-0.05, 0) is 5.53 Å². The second-order valence-electron chi connectivity index (χ2n) is 3.71. The van der Waals surface area contributed by atoms with E-state index in [1.54, 1.807) is 0 Å². The van der Waals surface area contributed by atoms with Crippen LogP contribution in [0.1, 0.15) is 6.42 Å². The summed E-state index contributed by atoms with van der Waals surface area (Å²) in [6, 6.07) is 0. The Morgan fingerprint density at radius 1 is 1.44 bits per heavy atom. The zero-order valence-corrected chi connectivity index (χ0v) is 9.59. The molecule has 0 aromatic heterocycles. The molecule has 1 aliphatic heterocycles. The maximum Gasteiger partial charge on any atom is 0.313 e. The van der Waals surface area contributed by atoms with E-state index in [0.717, 1.165) is 7.11 Å². The average Bonchev–Trinajstić information content (AvgIpc) is 2.64. The summed E-state index contributed by atoms with van der Waals surface area (Å²) >= 11 is 0. The third kappa shape index (κ3) is 3.17. The summed E-state index contributed by atoms with van der Waals surface area (Å²) in [7, 11) is 1.13. The van der Waals surface area contributed by atoms with Gasteiger partial charge < -0.3 is 19.7 Å². The molecule has 0 aromatic rings. The zero-order valence-electron chi connectivity index (χ0n) is 9.59. The van der Waals surface area contributed by atoms with E-state index in [1.807, 2.05) is 0 Å². The van der Waals surface area contributed by atoms with Gasteiger partial charge in [0.05, 0.1) is 19.8 Å². The topological polar surface area (TPSA) is 142 Å². The van der Waals surface area contributed by atoms with Crippen LogP contribution < -0.4 is 0 Å². The maximum absolute atomic E-state index is 11.6. The number of Topliss-reactive ketones (excluding diaryl/α,β-unsaturated/α-hetero) is 1. The first-order chi connectivity index (χ1) is 8.51. The van der Waals surface area contributed by atoms with Gasteiger partial charge in [-0.25, -0.2) is 0 Å². The number of carbonyl (C=O) groups is 2. The van der Waals surface area contributed by atoms with Gasteiger partial charge in [0, 0.05) is 4.91 Å². The fourth-order valence-electron chi connectivity index (χ4n) is 1.60. The maximum atomic E-state index is 11.6. The van der Waals surface area contributed by atoms with Crippen LogP contribution in [0.2, 0.25) is 0 Å². The molecular weight excluding hydrogens is 246 g/mol. The molecule has 0 aliphatic carbocycles. The Bertz CT molecular complexity index is 380. The van der Waals surface area contributed by atoms with Crippen molar-refractivity contribution >= 4 is 11.8 Å². The van der Waals surface area contributed by atoms with Crippen molar-refractivity contribution in [3.8, 4) is 0 Å². The number of hydrogen-bond donors (Lipinski definition) is 2. The molecule has 0 spiro atoms. The van der Waals surface area contributed by atoms with Crippen molar-refractivity contribution in [3.63, 3.8) is 0 Å². The molecule has 1 fully saturated rings. The van der Waals surface area contributed by atoms with E-state index in [-0.39, 0.29) is 6.54 Å². The number of esters is 1. The normalized spacial score (nSPS) is 30.6. The van der Waals surface area contributed by atoms with E-state index >= 15 is 0 Å². The minimum Gasteiger partial charge on any atom is -0.469 e. The molecular formula is C9H13N3O6. The summed E-state index contributed by atoms with van der Waals surface area (Å²) in [4.78, 5) is 25.0. The molecule has 9 nitrogen and oxygen atoms in total. The first-order valence-electron chi connectivity index (χ1n) is 5.13. The fraction of sp³-hybridized carbons (Fsp3) is 0.778. The molecule has 0 radical (unpaired) electrons. The Morgan fingerprint density at radius 3 is 2.67 bits per heavy atom. The second kappa shape index (κ2) is 6.31. The molecule has 0 bridgehead atoms. The van der Waals surface area contributed by atoms with Crippen LogP contribution >= 0.6 is 0 Å². The fourth-order valence-corrected chi connectivity index (χ4v) is 1.60. The molecule has 1 rings (SSSR count). The molecule has 1 heterocycles. The van der Waals surface area contributed by atoms with Gasteiger partial charge in [-0.15, -0.1) is 0 Å². The molecule has 100 valence electrons. The van der Waals surface area contributed by atoms with Gasteiger partial charge in [0.2, 0.25) is 0 Å². The molecule has 0 amide bonds. The lowest BCUT2D eigenvalue weighted by molar-refractivity contribution is -0.147. The number of aliphatic hydroxyl groups excluding tert-OH is 2. The Hall–Kier alpha value is -1.67. The monoisotopic (exact) mass is 259 g/mol. The highest BCUT2D eigenvalue weighted by atomic mass is 16.5. The predicted molar refractivity (Wildman–Crippen MR) is 56.3 cm³/mol. The first-order valence-corrected chi connectivity index (χ1v) is 5.13. The van der Waals surface area contributed by atoms with E-state index in [1.165, 1.54) is 0 Å². The Morgan fingerprint density at radius 2 is 2.11 bits per heavy atom. The van der Waals surface area contributed by atoms with E-state index < -0.39 is 42.6 Å². The van der Waals surface area contributed by atoms with Crippen molar-refractivity contribution in [3.05, 3.63) is 10.4 Å². The van der Waals surface area contributed by atoms with Crippen molar-refractivity contribution in [1.29, 1.82) is 0 Å². The molecule has 0 saturated carbocycles. The number of methoxy groups -OCH3 is 1. The minimum absolute atomic E-state index is 0.212. The van der Waals surface area contributed by atoms with Crippen molar-refractivity contribution in [2.75, 3.05) is 13.7 Å². The van der Waals surface area contributed by atoms with Crippen molar-refractivity contribution in [1.82, 2.24) is 0 Å². The number of azide groups is 1. The molecule has 18 heavy (non-hydrogen) atoms. The van der Waals surface area contributed by atoms with Crippen LogP contribution in [0.15, 0.2) is 5.11 Å². The number of aliphatic hydroxyl groups is 2. The van der Waals surface area contributed by atoms with Gasteiger partial charge in [0.25, 0.3) is 0 Å². The van der Waals surface area contributed by atoms with Gasteiger partial charge in [0.1, 0.15) is 24.7 Å². The zero-order chi connectivity index (χ0) is 13.7.